The Bertz CT molecular complexity index is 583. The quantitative estimate of drug-likeness (QED) is 0.824. The summed E-state index contributed by atoms with van der Waals surface area (Å²) in [5.41, 5.74) is 8.23. The second-order valence-corrected chi connectivity index (χ2v) is 4.98. The molecule has 0 atom stereocenters. The first-order chi connectivity index (χ1) is 8.67. The van der Waals surface area contributed by atoms with Crippen molar-refractivity contribution in [2.45, 2.75) is 11.3 Å². The standard InChI is InChI=1S/C13H17N3OS/c1-16-13(17)11(7-8-14)12(15-16)9-3-5-10(18-2)6-4-9/h3-6,15H,7-8,14H2,1-2H3. The van der Waals surface area contributed by atoms with Gasteiger partial charge in [0, 0.05) is 17.5 Å². The Balaban J connectivity index is 2.48. The monoisotopic (exact) mass is 263 g/mol. The Kier molecular flexibility index (Phi) is 3.93. The lowest BCUT2D eigenvalue weighted by molar-refractivity contribution is 0.739. The van der Waals surface area contributed by atoms with Gasteiger partial charge in [-0.1, -0.05) is 12.1 Å². The number of nitrogens with two attached hydrogens (primary N) is 1. The highest BCUT2D eigenvalue weighted by Crippen LogP contribution is 2.23. The molecule has 96 valence electrons. The normalized spacial score (nSPS) is 10.8. The van der Waals surface area contributed by atoms with E-state index in [4.69, 9.17) is 5.73 Å². The summed E-state index contributed by atoms with van der Waals surface area (Å²) in [7, 11) is 1.72. The van der Waals surface area contributed by atoms with Crippen LogP contribution in [0, 0.1) is 0 Å². The maximum absolute atomic E-state index is 11.9. The molecular formula is C13H17N3OS. The molecule has 18 heavy (non-hydrogen) atoms. The van der Waals surface area contributed by atoms with Crippen molar-refractivity contribution in [1.29, 1.82) is 0 Å². The molecule has 4 nitrogen and oxygen atoms in total. The first-order valence-electron chi connectivity index (χ1n) is 5.79. The van der Waals surface area contributed by atoms with Crippen LogP contribution in [0.15, 0.2) is 34.0 Å². The minimum atomic E-state index is 0.00407. The van der Waals surface area contributed by atoms with E-state index in [9.17, 15) is 4.79 Å². The van der Waals surface area contributed by atoms with Gasteiger partial charge in [0.1, 0.15) is 0 Å². The summed E-state index contributed by atoms with van der Waals surface area (Å²) in [4.78, 5) is 13.2. The molecule has 0 saturated heterocycles. The zero-order valence-corrected chi connectivity index (χ0v) is 11.4. The Hall–Kier alpha value is -1.46. The van der Waals surface area contributed by atoms with Crippen LogP contribution in [0.2, 0.25) is 0 Å². The van der Waals surface area contributed by atoms with Crippen molar-refractivity contribution in [3.8, 4) is 11.3 Å². The fourth-order valence-electron chi connectivity index (χ4n) is 1.97. The van der Waals surface area contributed by atoms with Crippen molar-refractivity contribution in [1.82, 2.24) is 9.78 Å². The fourth-order valence-corrected chi connectivity index (χ4v) is 2.38. The largest absolute Gasteiger partial charge is 0.330 e. The molecule has 3 N–H and O–H groups in total. The van der Waals surface area contributed by atoms with Crippen LogP contribution in [0.5, 0.6) is 0 Å². The number of H-pyrrole nitrogens is 1. The molecule has 0 aliphatic carbocycles. The molecule has 1 aromatic carbocycles. The van der Waals surface area contributed by atoms with Crippen LogP contribution < -0.4 is 11.3 Å². The third kappa shape index (κ3) is 2.37. The summed E-state index contributed by atoms with van der Waals surface area (Å²) in [6, 6.07) is 8.16. The number of aromatic amines is 1. The van der Waals surface area contributed by atoms with Gasteiger partial charge in [0.2, 0.25) is 0 Å². The number of hydrogen-bond acceptors (Lipinski definition) is 3. The maximum Gasteiger partial charge on any atom is 0.270 e. The van der Waals surface area contributed by atoms with Gasteiger partial charge in [0.15, 0.2) is 0 Å². The molecule has 0 aliphatic rings. The van der Waals surface area contributed by atoms with Crippen molar-refractivity contribution in [2.75, 3.05) is 12.8 Å². The van der Waals surface area contributed by atoms with E-state index in [2.05, 4.69) is 17.2 Å². The van der Waals surface area contributed by atoms with Crippen LogP contribution in [0.3, 0.4) is 0 Å². The van der Waals surface area contributed by atoms with Crippen molar-refractivity contribution in [2.24, 2.45) is 12.8 Å². The van der Waals surface area contributed by atoms with Gasteiger partial charge in [-0.25, -0.2) is 0 Å². The Labute approximate surface area is 110 Å². The lowest BCUT2D eigenvalue weighted by Gasteiger charge is -2.03. The van der Waals surface area contributed by atoms with Crippen LogP contribution in [-0.2, 0) is 13.5 Å². The van der Waals surface area contributed by atoms with Crippen LogP contribution in [0.4, 0.5) is 0 Å². The van der Waals surface area contributed by atoms with Crippen molar-refractivity contribution < 1.29 is 0 Å². The SMILES string of the molecule is CSc1ccc(-c2[nH]n(C)c(=O)c2CCN)cc1. The predicted octanol–water partition coefficient (Wildman–Crippen LogP) is 1.60. The van der Waals surface area contributed by atoms with Crippen LogP contribution >= 0.6 is 11.8 Å². The molecule has 0 fully saturated rings. The minimum absolute atomic E-state index is 0.00407. The molecule has 1 heterocycles. The second-order valence-electron chi connectivity index (χ2n) is 4.10. The summed E-state index contributed by atoms with van der Waals surface area (Å²) < 4.78 is 1.50. The smallest absolute Gasteiger partial charge is 0.270 e. The van der Waals surface area contributed by atoms with Gasteiger partial charge >= 0.3 is 0 Å². The van der Waals surface area contributed by atoms with E-state index in [-0.39, 0.29) is 5.56 Å². The number of rotatable bonds is 4. The number of thioether (sulfide) groups is 1. The van der Waals surface area contributed by atoms with Crippen molar-refractivity contribution >= 4 is 11.8 Å². The summed E-state index contributed by atoms with van der Waals surface area (Å²) in [5.74, 6) is 0. The highest BCUT2D eigenvalue weighted by Gasteiger charge is 2.13. The number of nitrogens with one attached hydrogen (secondary N) is 1. The van der Waals surface area contributed by atoms with Gasteiger partial charge in [-0.3, -0.25) is 14.6 Å². The summed E-state index contributed by atoms with van der Waals surface area (Å²) in [6.07, 6.45) is 2.63. The molecule has 0 saturated carbocycles. The van der Waals surface area contributed by atoms with Gasteiger partial charge in [0.25, 0.3) is 5.56 Å². The first kappa shape index (κ1) is 13.0. The number of aryl methyl sites for hydroxylation is 1. The van der Waals surface area contributed by atoms with E-state index in [0.29, 0.717) is 13.0 Å². The van der Waals surface area contributed by atoms with E-state index in [1.807, 2.05) is 18.4 Å². The average molecular weight is 263 g/mol. The van der Waals surface area contributed by atoms with Gasteiger partial charge in [-0.15, -0.1) is 11.8 Å². The van der Waals surface area contributed by atoms with E-state index >= 15 is 0 Å². The molecule has 2 aromatic rings. The molecule has 0 radical (unpaired) electrons. The summed E-state index contributed by atoms with van der Waals surface area (Å²) in [6.45, 7) is 0.475. The molecule has 5 heteroatoms. The van der Waals surface area contributed by atoms with Crippen molar-refractivity contribution in [3.63, 3.8) is 0 Å². The molecule has 1 aromatic heterocycles. The van der Waals surface area contributed by atoms with E-state index in [1.165, 1.54) is 9.58 Å². The van der Waals surface area contributed by atoms with Crippen LogP contribution in [-0.4, -0.2) is 22.6 Å². The molecule has 2 rings (SSSR count). The van der Waals surface area contributed by atoms with E-state index in [1.54, 1.807) is 18.8 Å². The highest BCUT2D eigenvalue weighted by molar-refractivity contribution is 7.98. The van der Waals surface area contributed by atoms with Crippen LogP contribution in [0.1, 0.15) is 5.56 Å². The van der Waals surface area contributed by atoms with Gasteiger partial charge in [0.05, 0.1) is 5.69 Å². The summed E-state index contributed by atoms with van der Waals surface area (Å²) in [5, 5.41) is 3.09. The second kappa shape index (κ2) is 5.46. The molecular weight excluding hydrogens is 246 g/mol. The Morgan fingerprint density at radius 2 is 2.00 bits per heavy atom. The van der Waals surface area contributed by atoms with Gasteiger partial charge in [-0.05, 0) is 36.9 Å². The zero-order chi connectivity index (χ0) is 13.1. The molecule has 0 unspecified atom stereocenters. The molecule has 0 bridgehead atoms. The summed E-state index contributed by atoms with van der Waals surface area (Å²) >= 11 is 1.70. The van der Waals surface area contributed by atoms with Gasteiger partial charge in [-0.2, -0.15) is 0 Å². The lowest BCUT2D eigenvalue weighted by atomic mass is 10.1. The van der Waals surface area contributed by atoms with Crippen molar-refractivity contribution in [3.05, 3.63) is 40.2 Å². The first-order valence-corrected chi connectivity index (χ1v) is 7.02. The number of hydrogen-bond donors (Lipinski definition) is 2. The third-order valence-electron chi connectivity index (χ3n) is 2.92. The Morgan fingerprint density at radius 1 is 1.33 bits per heavy atom. The fraction of sp³-hybridized carbons (Fsp3) is 0.308. The maximum atomic E-state index is 11.9. The minimum Gasteiger partial charge on any atom is -0.330 e. The number of nitrogens with zero attached hydrogens (tertiary/aromatic N) is 1. The predicted molar refractivity (Wildman–Crippen MR) is 76.0 cm³/mol. The highest BCUT2D eigenvalue weighted by atomic mass is 32.2. The Morgan fingerprint density at radius 3 is 2.56 bits per heavy atom. The average Bonchev–Trinajstić information content (AvgIpc) is 2.68. The zero-order valence-electron chi connectivity index (χ0n) is 10.6. The lowest BCUT2D eigenvalue weighted by Crippen LogP contribution is -2.17. The molecule has 0 spiro atoms. The molecule has 0 aliphatic heterocycles. The van der Waals surface area contributed by atoms with E-state index in [0.717, 1.165) is 16.8 Å². The number of aromatic nitrogens is 2. The van der Waals surface area contributed by atoms with Crippen LogP contribution in [0.25, 0.3) is 11.3 Å². The number of benzene rings is 1. The topological polar surface area (TPSA) is 63.8 Å². The van der Waals surface area contributed by atoms with Gasteiger partial charge < -0.3 is 5.73 Å². The third-order valence-corrected chi connectivity index (χ3v) is 3.66. The molecule has 0 amide bonds. The van der Waals surface area contributed by atoms with E-state index < -0.39 is 0 Å².